The number of aromatic nitrogens is 8. The van der Waals surface area contributed by atoms with E-state index in [1.807, 2.05) is 30.3 Å². The van der Waals surface area contributed by atoms with Crippen molar-refractivity contribution in [3.05, 3.63) is 258 Å². The number of nitrogen functional groups attached to an aromatic ring is 4. The minimum absolute atomic E-state index is 0.00125. The van der Waals surface area contributed by atoms with Crippen molar-refractivity contribution in [1.29, 1.82) is 0 Å². The summed E-state index contributed by atoms with van der Waals surface area (Å²) in [4.78, 5) is 82.6. The maximum atomic E-state index is 13.6. The van der Waals surface area contributed by atoms with Gasteiger partial charge in [0.2, 0.25) is 23.8 Å². The standard InChI is InChI=1S/2C17H11ClFN3O3.2C17H12ClN3O3/c18-10-7-9(19)4-3-8(10)6-12-15-13(16(23)25-12)14(21-17(20)22-15)11-2-1-5-24-11;18-9-4-3-8(6-10(9)19)7-12-15-13(16(23)25-12)14(21-17(20)22-15)11-2-1-5-24-11;18-10-5-3-9(4-6-10)8-12-15-13(16(22)24-12)14(20-17(19)21-15)11-2-1-7-23-11;18-10-5-2-1-4-9(10)8-12-15-13(16(22)24-12)14(20-17(19)21-15)11-6-3-7-23-11/h1-5,7,12H,6H2,(H2,20,21,22);1-6,12H,7H2,(H2,20,21,22);2*1-7,12H,8H2,(H2,19,20,21). The molecule has 8 N–H and O–H groups in total. The Bertz CT molecular complexity index is 5040. The number of carbonyl (C=O) groups excluding carboxylic acids is 4. The van der Waals surface area contributed by atoms with E-state index in [0.29, 0.717) is 96.8 Å². The number of benzene rings is 4. The highest BCUT2D eigenvalue weighted by Gasteiger charge is 2.42. The number of hydrogen-bond donors (Lipinski definition) is 4. The van der Waals surface area contributed by atoms with Crippen LogP contribution in [0.15, 0.2) is 176 Å². The summed E-state index contributed by atoms with van der Waals surface area (Å²) in [6.45, 7) is 0. The number of esters is 4. The summed E-state index contributed by atoms with van der Waals surface area (Å²) in [5, 5.41) is 1.53. The van der Waals surface area contributed by atoms with Crippen molar-refractivity contribution < 1.29 is 64.6 Å². The van der Waals surface area contributed by atoms with Crippen molar-refractivity contribution in [3.8, 4) is 45.8 Å². The highest BCUT2D eigenvalue weighted by atomic mass is 35.5. The van der Waals surface area contributed by atoms with Crippen LogP contribution in [0.3, 0.4) is 0 Å². The molecule has 24 nitrogen and oxygen atoms in total. The highest BCUT2D eigenvalue weighted by Crippen LogP contribution is 2.43. The minimum Gasteiger partial charge on any atom is -0.463 e. The van der Waals surface area contributed by atoms with Crippen LogP contribution in [0, 0.1) is 11.6 Å². The number of nitrogens with zero attached hydrogens (tertiary/aromatic N) is 8. The fraction of sp³-hybridized carbons (Fsp3) is 0.118. The molecule has 30 heteroatoms. The summed E-state index contributed by atoms with van der Waals surface area (Å²) in [7, 11) is 0. The number of rotatable bonds is 12. The van der Waals surface area contributed by atoms with Gasteiger partial charge in [-0.2, -0.15) is 0 Å². The molecule has 0 saturated carbocycles. The van der Waals surface area contributed by atoms with E-state index in [9.17, 15) is 28.0 Å². The lowest BCUT2D eigenvalue weighted by Gasteiger charge is -2.11. The number of nitrogens with two attached hydrogens (primary N) is 4. The number of carbonyl (C=O) groups is 4. The second-order valence-corrected chi connectivity index (χ2v) is 23.4. The average Bonchev–Trinajstić information content (AvgIpc) is 1.63. The number of furan rings is 4. The molecule has 98 heavy (non-hydrogen) atoms. The second kappa shape index (κ2) is 27.6. The van der Waals surface area contributed by atoms with Gasteiger partial charge < -0.3 is 59.6 Å². The van der Waals surface area contributed by atoms with Crippen LogP contribution in [-0.2, 0) is 44.6 Å². The summed E-state index contributed by atoms with van der Waals surface area (Å²) >= 11 is 23.8. The Morgan fingerprint density at radius 3 is 1.07 bits per heavy atom. The molecule has 0 fully saturated rings. The molecule has 0 radical (unpaired) electrons. The molecule has 0 aliphatic carbocycles. The molecule has 0 bridgehead atoms. The molecular weight excluding hydrogens is 1360 g/mol. The van der Waals surface area contributed by atoms with Crippen molar-refractivity contribution in [2.24, 2.45) is 0 Å². The van der Waals surface area contributed by atoms with E-state index in [4.69, 9.17) is 106 Å². The summed E-state index contributed by atoms with van der Waals surface area (Å²) < 4.78 is 70.0. The van der Waals surface area contributed by atoms with Crippen molar-refractivity contribution in [2.45, 2.75) is 50.1 Å². The summed E-state index contributed by atoms with van der Waals surface area (Å²) in [6.07, 6.45) is 4.84. The summed E-state index contributed by atoms with van der Waals surface area (Å²) in [6, 6.07) is 36.7. The first-order valence-electron chi connectivity index (χ1n) is 29.3. The lowest BCUT2D eigenvalue weighted by Crippen LogP contribution is -2.07. The minimum atomic E-state index is -0.693. The fourth-order valence-corrected chi connectivity index (χ4v) is 11.8. The van der Waals surface area contributed by atoms with Crippen molar-refractivity contribution in [1.82, 2.24) is 39.9 Å². The van der Waals surface area contributed by atoms with E-state index in [-0.39, 0.29) is 74.8 Å². The second-order valence-electron chi connectivity index (χ2n) is 21.8. The summed E-state index contributed by atoms with van der Waals surface area (Å²) in [5.41, 5.74) is 30.2. The first kappa shape index (κ1) is 65.1. The van der Waals surface area contributed by atoms with Gasteiger partial charge in [0.05, 0.1) is 30.1 Å². The molecule has 0 spiro atoms. The van der Waals surface area contributed by atoms with Gasteiger partial charge in [0.15, 0.2) is 23.0 Å². The predicted octanol–water partition coefficient (Wildman–Crippen LogP) is 14.0. The third kappa shape index (κ3) is 13.7. The van der Waals surface area contributed by atoms with Gasteiger partial charge in [-0.05, 0) is 113 Å². The molecule has 12 heterocycles. The van der Waals surface area contributed by atoms with Gasteiger partial charge in [0, 0.05) is 40.8 Å². The van der Waals surface area contributed by atoms with Gasteiger partial charge in [-0.3, -0.25) is 0 Å². The Morgan fingerprint density at radius 1 is 0.357 bits per heavy atom. The Morgan fingerprint density at radius 2 is 0.714 bits per heavy atom. The number of ether oxygens (including phenoxy) is 4. The highest BCUT2D eigenvalue weighted by molar-refractivity contribution is 6.32. The number of fused-ring (bicyclic) bond motifs is 4. The Hall–Kier alpha value is -11.6. The molecular formula is C68H46Cl4F2N12O12. The predicted molar refractivity (Wildman–Crippen MR) is 350 cm³/mol. The van der Waals surface area contributed by atoms with Crippen molar-refractivity contribution in [3.63, 3.8) is 0 Å². The zero-order chi connectivity index (χ0) is 68.5. The Kier molecular flexibility index (Phi) is 18.4. The lowest BCUT2D eigenvalue weighted by atomic mass is 10.0. The monoisotopic (exact) mass is 1400 g/mol. The molecule has 4 aliphatic heterocycles. The molecule has 12 aromatic rings. The largest absolute Gasteiger partial charge is 0.463 e. The van der Waals surface area contributed by atoms with Crippen molar-refractivity contribution in [2.75, 3.05) is 22.9 Å². The summed E-state index contributed by atoms with van der Waals surface area (Å²) in [5.74, 6) is -1.29. The van der Waals surface area contributed by atoms with Crippen LogP contribution < -0.4 is 22.9 Å². The maximum Gasteiger partial charge on any atom is 0.343 e. The molecule has 16 rings (SSSR count). The van der Waals surface area contributed by atoms with Crippen LogP contribution in [-0.4, -0.2) is 63.7 Å². The van der Waals surface area contributed by atoms with Crippen LogP contribution in [0.4, 0.5) is 32.6 Å². The molecule has 0 saturated heterocycles. The van der Waals surface area contributed by atoms with E-state index >= 15 is 0 Å². The fourth-order valence-electron chi connectivity index (χ4n) is 11.1. The number of anilines is 4. The zero-order valence-electron chi connectivity index (χ0n) is 50.2. The van der Waals surface area contributed by atoms with Gasteiger partial charge >= 0.3 is 23.9 Å². The number of hydrogen-bond acceptors (Lipinski definition) is 24. The maximum absolute atomic E-state index is 13.6. The van der Waals surface area contributed by atoms with Crippen LogP contribution in [0.1, 0.15) is 111 Å². The van der Waals surface area contributed by atoms with Crippen molar-refractivity contribution >= 4 is 94.1 Å². The van der Waals surface area contributed by atoms with Gasteiger partial charge in [-0.25, -0.2) is 67.8 Å². The third-order valence-corrected chi connectivity index (χ3v) is 16.7. The van der Waals surface area contributed by atoms with Gasteiger partial charge in [-0.1, -0.05) is 88.9 Å². The molecule has 0 amide bonds. The zero-order valence-corrected chi connectivity index (χ0v) is 53.2. The SMILES string of the molecule is Nc1nc(-c2ccco2)c2c(n1)C(Cc1ccc(Cl)c(F)c1)OC2=O.Nc1nc(-c2ccco2)c2c(n1)C(Cc1ccc(Cl)cc1)OC2=O.Nc1nc(-c2ccco2)c2c(n1)C(Cc1ccc(F)cc1Cl)OC2=O.Nc1nc(-c2ccco2)c2c(n1)C(Cc1ccccc1Cl)OC2=O. The first-order chi connectivity index (χ1) is 47.3. The Balaban J connectivity index is 0.000000118. The molecule has 8 aromatic heterocycles. The van der Waals surface area contributed by atoms with E-state index in [0.717, 1.165) is 11.1 Å². The molecule has 4 atom stereocenters. The van der Waals surface area contributed by atoms with Gasteiger partial charge in [0.1, 0.15) is 104 Å². The third-order valence-electron chi connectivity index (χ3n) is 15.4. The lowest BCUT2D eigenvalue weighted by molar-refractivity contribution is 0.0373. The van der Waals surface area contributed by atoms with E-state index in [1.54, 1.807) is 78.9 Å². The number of cyclic esters (lactones) is 4. The first-order valence-corrected chi connectivity index (χ1v) is 30.9. The Labute approximate surface area is 571 Å². The van der Waals surface area contributed by atoms with Crippen LogP contribution in [0.2, 0.25) is 20.1 Å². The quantitative estimate of drug-likeness (QED) is 0.0652. The number of halogens is 6. The molecule has 4 aromatic carbocycles. The molecule has 492 valence electrons. The molecule has 4 unspecified atom stereocenters. The van der Waals surface area contributed by atoms with E-state index in [1.165, 1.54) is 49.3 Å². The average molecular weight is 1400 g/mol. The normalized spacial score (nSPS) is 16.0. The topological polar surface area (TPSA) is 365 Å². The smallest absolute Gasteiger partial charge is 0.343 e. The van der Waals surface area contributed by atoms with Gasteiger partial charge in [-0.15, -0.1) is 0 Å². The van der Waals surface area contributed by atoms with Crippen LogP contribution >= 0.6 is 46.4 Å². The van der Waals surface area contributed by atoms with Crippen LogP contribution in [0.5, 0.6) is 0 Å². The molecule has 4 aliphatic rings. The van der Waals surface area contributed by atoms with E-state index in [2.05, 4.69) is 39.9 Å². The van der Waals surface area contributed by atoms with Gasteiger partial charge in [0.25, 0.3) is 0 Å². The van der Waals surface area contributed by atoms with Crippen LogP contribution in [0.25, 0.3) is 45.8 Å². The van der Waals surface area contributed by atoms with E-state index < -0.39 is 59.9 Å².